The first-order valence-electron chi connectivity index (χ1n) is 5.36. The fourth-order valence-electron chi connectivity index (χ4n) is 2.14. The van der Waals surface area contributed by atoms with Gasteiger partial charge in [0, 0.05) is 18.6 Å². The van der Waals surface area contributed by atoms with Crippen molar-refractivity contribution in [2.24, 2.45) is 0 Å². The summed E-state index contributed by atoms with van der Waals surface area (Å²) in [5.41, 5.74) is 0. The highest BCUT2D eigenvalue weighted by atomic mass is 16.3. The number of nitrogens with one attached hydrogen (secondary N) is 1. The molecule has 1 saturated heterocycles. The van der Waals surface area contributed by atoms with Crippen LogP contribution in [0.25, 0.3) is 0 Å². The van der Waals surface area contributed by atoms with Crippen molar-refractivity contribution in [2.75, 3.05) is 26.2 Å². The van der Waals surface area contributed by atoms with Crippen LogP contribution in [-0.4, -0.2) is 48.3 Å². The van der Waals surface area contributed by atoms with Crippen molar-refractivity contribution in [3.63, 3.8) is 0 Å². The Morgan fingerprint density at radius 1 is 1.54 bits per heavy atom. The molecule has 0 radical (unpaired) electrons. The van der Waals surface area contributed by atoms with Gasteiger partial charge in [0.1, 0.15) is 0 Å². The minimum atomic E-state index is 0.252. The van der Waals surface area contributed by atoms with Crippen LogP contribution in [-0.2, 0) is 0 Å². The Kier molecular flexibility index (Phi) is 4.70. The van der Waals surface area contributed by atoms with Crippen molar-refractivity contribution in [3.8, 4) is 0 Å². The molecule has 2 unspecified atom stereocenters. The first kappa shape index (κ1) is 11.0. The van der Waals surface area contributed by atoms with E-state index in [2.05, 4.69) is 24.1 Å². The van der Waals surface area contributed by atoms with Gasteiger partial charge in [0.25, 0.3) is 0 Å². The summed E-state index contributed by atoms with van der Waals surface area (Å²) in [6.07, 6.45) is 2.44. The molecule has 0 amide bonds. The number of aliphatic hydroxyl groups excluding tert-OH is 1. The second-order valence-electron chi connectivity index (χ2n) is 3.88. The first-order chi connectivity index (χ1) is 6.27. The molecule has 0 saturated carbocycles. The summed E-state index contributed by atoms with van der Waals surface area (Å²) in [6, 6.07) is 1.31. The third-order valence-electron chi connectivity index (χ3n) is 2.96. The van der Waals surface area contributed by atoms with Gasteiger partial charge in [-0.3, -0.25) is 0 Å². The summed E-state index contributed by atoms with van der Waals surface area (Å²) in [5.74, 6) is 0. The third kappa shape index (κ3) is 3.25. The summed E-state index contributed by atoms with van der Waals surface area (Å²) in [6.45, 7) is 7.86. The standard InChI is InChI=1S/C10H22N2O/c1-3-12-6-4-10(8-9(12)2)11-5-7-13/h9-11,13H,3-8H2,1-2H3. The molecule has 78 valence electrons. The summed E-state index contributed by atoms with van der Waals surface area (Å²) in [7, 11) is 0. The van der Waals surface area contributed by atoms with Crippen LogP contribution in [0, 0.1) is 0 Å². The zero-order chi connectivity index (χ0) is 9.68. The lowest BCUT2D eigenvalue weighted by molar-refractivity contribution is 0.140. The molecule has 0 aromatic carbocycles. The Morgan fingerprint density at radius 3 is 2.85 bits per heavy atom. The van der Waals surface area contributed by atoms with E-state index in [4.69, 9.17) is 5.11 Å². The first-order valence-corrected chi connectivity index (χ1v) is 5.36. The van der Waals surface area contributed by atoms with E-state index in [-0.39, 0.29) is 6.61 Å². The van der Waals surface area contributed by atoms with E-state index in [0.29, 0.717) is 12.1 Å². The quantitative estimate of drug-likeness (QED) is 0.669. The second-order valence-corrected chi connectivity index (χ2v) is 3.88. The fourth-order valence-corrected chi connectivity index (χ4v) is 2.14. The van der Waals surface area contributed by atoms with Crippen molar-refractivity contribution in [1.29, 1.82) is 0 Å². The van der Waals surface area contributed by atoms with Crippen molar-refractivity contribution in [3.05, 3.63) is 0 Å². The molecule has 0 aromatic rings. The van der Waals surface area contributed by atoms with Gasteiger partial charge in [-0.05, 0) is 32.9 Å². The summed E-state index contributed by atoms with van der Waals surface area (Å²) in [5, 5.41) is 12.1. The Bertz CT molecular complexity index is 141. The average Bonchev–Trinajstić information content (AvgIpc) is 2.15. The second kappa shape index (κ2) is 5.58. The number of rotatable bonds is 4. The highest BCUT2D eigenvalue weighted by Crippen LogP contribution is 2.16. The summed E-state index contributed by atoms with van der Waals surface area (Å²) < 4.78 is 0. The number of aliphatic hydroxyl groups is 1. The lowest BCUT2D eigenvalue weighted by atomic mass is 9.98. The molecule has 2 N–H and O–H groups in total. The van der Waals surface area contributed by atoms with Gasteiger partial charge >= 0.3 is 0 Å². The Morgan fingerprint density at radius 2 is 2.31 bits per heavy atom. The lowest BCUT2D eigenvalue weighted by Crippen LogP contribution is -2.47. The molecule has 1 aliphatic heterocycles. The Balaban J connectivity index is 2.24. The largest absolute Gasteiger partial charge is 0.395 e. The molecule has 2 atom stereocenters. The van der Waals surface area contributed by atoms with Crippen LogP contribution in [0.4, 0.5) is 0 Å². The van der Waals surface area contributed by atoms with Crippen molar-refractivity contribution >= 4 is 0 Å². The molecule has 1 fully saturated rings. The molecule has 3 nitrogen and oxygen atoms in total. The monoisotopic (exact) mass is 186 g/mol. The van der Waals surface area contributed by atoms with E-state index in [1.165, 1.54) is 19.4 Å². The van der Waals surface area contributed by atoms with Crippen LogP contribution in [0.1, 0.15) is 26.7 Å². The van der Waals surface area contributed by atoms with Crippen molar-refractivity contribution in [2.45, 2.75) is 38.8 Å². The third-order valence-corrected chi connectivity index (χ3v) is 2.96. The van der Waals surface area contributed by atoms with E-state index >= 15 is 0 Å². The number of nitrogens with zero attached hydrogens (tertiary/aromatic N) is 1. The molecular formula is C10H22N2O. The molecule has 0 bridgehead atoms. The van der Waals surface area contributed by atoms with Gasteiger partial charge in [0.2, 0.25) is 0 Å². The van der Waals surface area contributed by atoms with E-state index in [1.54, 1.807) is 0 Å². The SMILES string of the molecule is CCN1CCC(NCCO)CC1C. The van der Waals surface area contributed by atoms with Crippen molar-refractivity contribution in [1.82, 2.24) is 10.2 Å². The predicted octanol–water partition coefficient (Wildman–Crippen LogP) is 0.441. The van der Waals surface area contributed by atoms with Gasteiger partial charge in [-0.1, -0.05) is 6.92 Å². The van der Waals surface area contributed by atoms with E-state index in [0.717, 1.165) is 13.1 Å². The summed E-state index contributed by atoms with van der Waals surface area (Å²) >= 11 is 0. The molecule has 0 aromatic heterocycles. The Hall–Kier alpha value is -0.120. The van der Waals surface area contributed by atoms with Crippen LogP contribution >= 0.6 is 0 Å². The Labute approximate surface area is 81.1 Å². The number of piperidine rings is 1. The minimum Gasteiger partial charge on any atom is -0.395 e. The molecule has 1 aliphatic rings. The fraction of sp³-hybridized carbons (Fsp3) is 1.00. The normalized spacial score (nSPS) is 30.7. The predicted molar refractivity (Wildman–Crippen MR) is 54.8 cm³/mol. The van der Waals surface area contributed by atoms with E-state index in [9.17, 15) is 0 Å². The molecule has 0 spiro atoms. The smallest absolute Gasteiger partial charge is 0.0556 e. The van der Waals surface area contributed by atoms with Gasteiger partial charge in [-0.15, -0.1) is 0 Å². The minimum absolute atomic E-state index is 0.252. The van der Waals surface area contributed by atoms with Gasteiger partial charge in [-0.25, -0.2) is 0 Å². The van der Waals surface area contributed by atoms with E-state index in [1.807, 2.05) is 0 Å². The maximum atomic E-state index is 8.69. The molecule has 1 heterocycles. The lowest BCUT2D eigenvalue weighted by Gasteiger charge is -2.37. The highest BCUT2D eigenvalue weighted by Gasteiger charge is 2.23. The highest BCUT2D eigenvalue weighted by molar-refractivity contribution is 4.82. The van der Waals surface area contributed by atoms with Crippen LogP contribution in [0.2, 0.25) is 0 Å². The van der Waals surface area contributed by atoms with Crippen LogP contribution in [0.3, 0.4) is 0 Å². The molecule has 13 heavy (non-hydrogen) atoms. The molecular weight excluding hydrogens is 164 g/mol. The van der Waals surface area contributed by atoms with Gasteiger partial charge in [0.15, 0.2) is 0 Å². The summed E-state index contributed by atoms with van der Waals surface area (Å²) in [4.78, 5) is 2.51. The van der Waals surface area contributed by atoms with E-state index < -0.39 is 0 Å². The van der Waals surface area contributed by atoms with Gasteiger partial charge in [0.05, 0.1) is 6.61 Å². The molecule has 3 heteroatoms. The number of hydrogen-bond donors (Lipinski definition) is 2. The molecule has 1 rings (SSSR count). The van der Waals surface area contributed by atoms with Crippen molar-refractivity contribution < 1.29 is 5.11 Å². The number of likely N-dealkylation sites (tertiary alicyclic amines) is 1. The zero-order valence-electron chi connectivity index (χ0n) is 8.79. The van der Waals surface area contributed by atoms with Crippen LogP contribution in [0.5, 0.6) is 0 Å². The number of hydrogen-bond acceptors (Lipinski definition) is 3. The zero-order valence-corrected chi connectivity index (χ0v) is 8.79. The maximum Gasteiger partial charge on any atom is 0.0556 e. The van der Waals surface area contributed by atoms with Crippen LogP contribution < -0.4 is 5.32 Å². The topological polar surface area (TPSA) is 35.5 Å². The molecule has 0 aliphatic carbocycles. The van der Waals surface area contributed by atoms with Crippen LogP contribution in [0.15, 0.2) is 0 Å². The van der Waals surface area contributed by atoms with Gasteiger partial charge < -0.3 is 15.3 Å². The van der Waals surface area contributed by atoms with Gasteiger partial charge in [-0.2, -0.15) is 0 Å². The maximum absolute atomic E-state index is 8.69. The average molecular weight is 186 g/mol.